The number of carbonyl (C=O) groups is 1. The Morgan fingerprint density at radius 2 is 2.44 bits per heavy atom. The lowest BCUT2D eigenvalue weighted by Crippen LogP contribution is -2.45. The Hall–Kier alpha value is -1.54. The minimum Gasteiger partial charge on any atom is -0.479 e. The lowest BCUT2D eigenvalue weighted by molar-refractivity contribution is -0.156. The summed E-state index contributed by atoms with van der Waals surface area (Å²) in [5.74, 6) is -0.157. The Bertz CT molecular complexity index is 408. The van der Waals surface area contributed by atoms with E-state index in [9.17, 15) is 4.79 Å². The first kappa shape index (κ1) is 12.9. The van der Waals surface area contributed by atoms with Gasteiger partial charge in [-0.1, -0.05) is 6.92 Å². The van der Waals surface area contributed by atoms with Gasteiger partial charge < -0.3 is 9.84 Å². The zero-order chi connectivity index (χ0) is 13.0. The largest absolute Gasteiger partial charge is 0.479 e. The average Bonchev–Trinajstić information content (AvgIpc) is 2.77. The molecule has 8 heteroatoms. The van der Waals surface area contributed by atoms with E-state index >= 15 is 0 Å². The van der Waals surface area contributed by atoms with Gasteiger partial charge in [-0.15, -0.1) is 5.10 Å². The van der Waals surface area contributed by atoms with Crippen molar-refractivity contribution in [2.45, 2.75) is 32.5 Å². The van der Waals surface area contributed by atoms with Crippen LogP contribution in [0.15, 0.2) is 0 Å². The molecule has 1 unspecified atom stereocenters. The fourth-order valence-corrected chi connectivity index (χ4v) is 1.92. The summed E-state index contributed by atoms with van der Waals surface area (Å²) in [4.78, 5) is 12.9. The Morgan fingerprint density at radius 3 is 3.17 bits per heavy atom. The molecule has 1 atom stereocenters. The molecule has 1 saturated heterocycles. The van der Waals surface area contributed by atoms with E-state index in [-0.39, 0.29) is 0 Å². The monoisotopic (exact) mass is 255 g/mol. The second-order valence-corrected chi connectivity index (χ2v) is 4.25. The van der Waals surface area contributed by atoms with Gasteiger partial charge in [0.15, 0.2) is 11.9 Å². The van der Waals surface area contributed by atoms with Gasteiger partial charge in [0.2, 0.25) is 0 Å². The van der Waals surface area contributed by atoms with Crippen molar-refractivity contribution in [2.75, 3.05) is 19.7 Å². The average molecular weight is 255 g/mol. The van der Waals surface area contributed by atoms with Crippen molar-refractivity contribution in [3.8, 4) is 0 Å². The predicted molar refractivity (Wildman–Crippen MR) is 60.8 cm³/mol. The number of tetrazole rings is 1. The number of ether oxygens (including phenoxy) is 1. The first-order chi connectivity index (χ1) is 8.70. The summed E-state index contributed by atoms with van der Waals surface area (Å²) in [6.45, 7) is 4.87. The van der Waals surface area contributed by atoms with Gasteiger partial charge in [-0.3, -0.25) is 4.90 Å². The molecular formula is C10H17N5O3. The SMILES string of the molecule is CCCn1nnnc1CN1CCOC(C(=O)O)C1. The van der Waals surface area contributed by atoms with Crippen molar-refractivity contribution in [1.82, 2.24) is 25.1 Å². The molecule has 100 valence electrons. The summed E-state index contributed by atoms with van der Waals surface area (Å²) < 4.78 is 6.92. The van der Waals surface area contributed by atoms with Gasteiger partial charge in [-0.25, -0.2) is 9.48 Å². The van der Waals surface area contributed by atoms with Crippen molar-refractivity contribution in [3.63, 3.8) is 0 Å². The van der Waals surface area contributed by atoms with Crippen LogP contribution in [0.1, 0.15) is 19.2 Å². The zero-order valence-electron chi connectivity index (χ0n) is 10.3. The smallest absolute Gasteiger partial charge is 0.334 e. The van der Waals surface area contributed by atoms with E-state index in [1.54, 1.807) is 4.68 Å². The van der Waals surface area contributed by atoms with Crippen LogP contribution in [0, 0.1) is 0 Å². The topological polar surface area (TPSA) is 93.4 Å². The zero-order valence-corrected chi connectivity index (χ0v) is 10.3. The maximum Gasteiger partial charge on any atom is 0.334 e. The Balaban J connectivity index is 1.96. The third-order valence-corrected chi connectivity index (χ3v) is 2.83. The highest BCUT2D eigenvalue weighted by Crippen LogP contribution is 2.09. The number of aliphatic carboxylic acids is 1. The molecule has 0 aliphatic carbocycles. The molecule has 0 radical (unpaired) electrons. The number of aromatic nitrogens is 4. The summed E-state index contributed by atoms with van der Waals surface area (Å²) in [6, 6.07) is 0. The summed E-state index contributed by atoms with van der Waals surface area (Å²) in [5.41, 5.74) is 0. The van der Waals surface area contributed by atoms with Crippen molar-refractivity contribution < 1.29 is 14.6 Å². The molecule has 18 heavy (non-hydrogen) atoms. The fourth-order valence-electron chi connectivity index (χ4n) is 1.92. The number of morpholine rings is 1. The predicted octanol–water partition coefficient (Wildman–Crippen LogP) is -0.631. The van der Waals surface area contributed by atoms with E-state index in [0.717, 1.165) is 18.8 Å². The molecule has 1 aromatic rings. The minimum absolute atomic E-state index is 0.369. The van der Waals surface area contributed by atoms with E-state index in [0.29, 0.717) is 26.2 Å². The standard InChI is InChI=1S/C10H17N5O3/c1-2-3-15-9(11-12-13-15)7-14-4-5-18-8(6-14)10(16)17/h8H,2-7H2,1H3,(H,16,17). The molecule has 8 nitrogen and oxygen atoms in total. The Morgan fingerprint density at radius 1 is 1.61 bits per heavy atom. The maximum atomic E-state index is 10.9. The third-order valence-electron chi connectivity index (χ3n) is 2.83. The van der Waals surface area contributed by atoms with Crippen molar-refractivity contribution in [2.24, 2.45) is 0 Å². The van der Waals surface area contributed by atoms with Gasteiger partial charge in [0.25, 0.3) is 0 Å². The van der Waals surface area contributed by atoms with E-state index in [1.807, 2.05) is 4.90 Å². The van der Waals surface area contributed by atoms with Gasteiger partial charge in [-0.2, -0.15) is 0 Å². The molecule has 2 heterocycles. The van der Waals surface area contributed by atoms with Gasteiger partial charge >= 0.3 is 5.97 Å². The molecule has 1 fully saturated rings. The highest BCUT2D eigenvalue weighted by Gasteiger charge is 2.27. The van der Waals surface area contributed by atoms with Crippen LogP contribution < -0.4 is 0 Å². The van der Waals surface area contributed by atoms with Crippen LogP contribution in [-0.2, 0) is 22.6 Å². The van der Waals surface area contributed by atoms with Crippen molar-refractivity contribution >= 4 is 5.97 Å². The van der Waals surface area contributed by atoms with Crippen LogP contribution >= 0.6 is 0 Å². The third kappa shape index (κ3) is 3.02. The molecule has 0 amide bonds. The Kier molecular flexibility index (Phi) is 4.21. The van der Waals surface area contributed by atoms with E-state index in [2.05, 4.69) is 22.4 Å². The molecule has 1 aromatic heterocycles. The number of hydrogen-bond acceptors (Lipinski definition) is 6. The summed E-state index contributed by atoms with van der Waals surface area (Å²) >= 11 is 0. The summed E-state index contributed by atoms with van der Waals surface area (Å²) in [5, 5.41) is 20.5. The van der Waals surface area contributed by atoms with E-state index < -0.39 is 12.1 Å². The van der Waals surface area contributed by atoms with Crippen LogP contribution in [0.2, 0.25) is 0 Å². The first-order valence-electron chi connectivity index (χ1n) is 6.02. The van der Waals surface area contributed by atoms with Gasteiger partial charge in [0.05, 0.1) is 13.2 Å². The lowest BCUT2D eigenvalue weighted by atomic mass is 10.2. The molecule has 0 bridgehead atoms. The molecule has 0 spiro atoms. The normalized spacial score (nSPS) is 21.1. The molecule has 0 saturated carbocycles. The maximum absolute atomic E-state index is 10.9. The number of hydrogen-bond donors (Lipinski definition) is 1. The number of carboxylic acids is 1. The number of carboxylic acid groups (broad SMARTS) is 1. The number of nitrogens with zero attached hydrogens (tertiary/aromatic N) is 5. The first-order valence-corrected chi connectivity index (χ1v) is 6.02. The molecule has 1 N–H and O–H groups in total. The molecular weight excluding hydrogens is 238 g/mol. The summed E-state index contributed by atoms with van der Waals surface area (Å²) in [6.07, 6.45) is 0.202. The summed E-state index contributed by atoms with van der Waals surface area (Å²) in [7, 11) is 0. The fraction of sp³-hybridized carbons (Fsp3) is 0.800. The number of rotatable bonds is 5. The van der Waals surface area contributed by atoms with E-state index in [1.165, 1.54) is 0 Å². The van der Waals surface area contributed by atoms with Crippen LogP contribution in [0.5, 0.6) is 0 Å². The second-order valence-electron chi connectivity index (χ2n) is 4.25. The molecule has 0 aromatic carbocycles. The van der Waals surface area contributed by atoms with E-state index in [4.69, 9.17) is 9.84 Å². The van der Waals surface area contributed by atoms with Crippen LogP contribution in [0.4, 0.5) is 0 Å². The quantitative estimate of drug-likeness (QED) is 0.748. The minimum atomic E-state index is -0.923. The molecule has 1 aliphatic heterocycles. The van der Waals surface area contributed by atoms with Crippen LogP contribution in [0.25, 0.3) is 0 Å². The molecule has 2 rings (SSSR count). The van der Waals surface area contributed by atoms with Crippen molar-refractivity contribution in [1.29, 1.82) is 0 Å². The number of aryl methyl sites for hydroxylation is 1. The van der Waals surface area contributed by atoms with Gasteiger partial charge in [-0.05, 0) is 16.8 Å². The van der Waals surface area contributed by atoms with Gasteiger partial charge in [0.1, 0.15) is 0 Å². The van der Waals surface area contributed by atoms with Crippen LogP contribution in [-0.4, -0.2) is 62.0 Å². The second kappa shape index (κ2) is 5.87. The molecule has 1 aliphatic rings. The van der Waals surface area contributed by atoms with Crippen LogP contribution in [0.3, 0.4) is 0 Å². The van der Waals surface area contributed by atoms with Crippen molar-refractivity contribution in [3.05, 3.63) is 5.82 Å². The lowest BCUT2D eigenvalue weighted by Gasteiger charge is -2.30. The van der Waals surface area contributed by atoms with Gasteiger partial charge in [0, 0.05) is 19.6 Å². The highest BCUT2D eigenvalue weighted by atomic mass is 16.5. The highest BCUT2D eigenvalue weighted by molar-refractivity contribution is 5.72. The Labute approximate surface area is 105 Å².